The van der Waals surface area contributed by atoms with Crippen LogP contribution in [-0.4, -0.2) is 35.8 Å². The molecular formula is C13H19FN4O2. The van der Waals surface area contributed by atoms with Gasteiger partial charge in [-0.1, -0.05) is 0 Å². The molecule has 1 aromatic rings. The van der Waals surface area contributed by atoms with Crippen molar-refractivity contribution in [2.75, 3.05) is 24.1 Å². The minimum Gasteiger partial charge on any atom is -0.396 e. The highest BCUT2D eigenvalue weighted by Gasteiger charge is 2.16. The van der Waals surface area contributed by atoms with Crippen LogP contribution >= 0.6 is 0 Å². The number of carbonyl (C=O) groups excluding carboxylic acids is 2. The number of primary amides is 1. The summed E-state index contributed by atoms with van der Waals surface area (Å²) in [5.41, 5.74) is 10.9. The van der Waals surface area contributed by atoms with E-state index in [1.54, 1.807) is 4.90 Å². The molecule has 0 fully saturated rings. The van der Waals surface area contributed by atoms with Crippen molar-refractivity contribution < 1.29 is 14.0 Å². The van der Waals surface area contributed by atoms with Crippen LogP contribution in [0.1, 0.15) is 13.8 Å². The van der Waals surface area contributed by atoms with Gasteiger partial charge < -0.3 is 16.8 Å². The third-order valence-corrected chi connectivity index (χ3v) is 2.72. The first-order valence-corrected chi connectivity index (χ1v) is 6.17. The van der Waals surface area contributed by atoms with Crippen LogP contribution in [0.15, 0.2) is 18.2 Å². The van der Waals surface area contributed by atoms with E-state index in [-0.39, 0.29) is 30.7 Å². The number of carbonyl (C=O) groups is 2. The van der Waals surface area contributed by atoms with E-state index in [2.05, 4.69) is 5.32 Å². The lowest BCUT2D eigenvalue weighted by atomic mass is 10.2. The number of benzene rings is 1. The van der Waals surface area contributed by atoms with Gasteiger partial charge in [-0.3, -0.25) is 14.5 Å². The zero-order valence-corrected chi connectivity index (χ0v) is 11.5. The average Bonchev–Trinajstić information content (AvgIpc) is 2.32. The topological polar surface area (TPSA) is 101 Å². The molecule has 1 aromatic carbocycles. The molecule has 7 heteroatoms. The van der Waals surface area contributed by atoms with Gasteiger partial charge in [-0.05, 0) is 32.0 Å². The summed E-state index contributed by atoms with van der Waals surface area (Å²) in [5, 5.41) is 2.59. The van der Waals surface area contributed by atoms with Gasteiger partial charge in [-0.15, -0.1) is 0 Å². The van der Waals surface area contributed by atoms with Crippen LogP contribution in [-0.2, 0) is 9.59 Å². The molecule has 0 aromatic heterocycles. The second-order valence-electron chi connectivity index (χ2n) is 4.75. The maximum atomic E-state index is 13.0. The zero-order chi connectivity index (χ0) is 15.3. The fourth-order valence-corrected chi connectivity index (χ4v) is 1.63. The lowest BCUT2D eigenvalue weighted by molar-refractivity contribution is -0.121. The van der Waals surface area contributed by atoms with E-state index in [9.17, 15) is 14.0 Å². The molecule has 0 bridgehead atoms. The number of nitrogen functional groups attached to an aromatic ring is 1. The van der Waals surface area contributed by atoms with Crippen molar-refractivity contribution in [1.29, 1.82) is 0 Å². The number of halogens is 1. The summed E-state index contributed by atoms with van der Waals surface area (Å²) in [6.45, 7) is 3.72. The molecule has 2 amide bonds. The van der Waals surface area contributed by atoms with Gasteiger partial charge in [0, 0.05) is 11.7 Å². The number of nitrogens with two attached hydrogens (primary N) is 2. The molecule has 0 aliphatic rings. The van der Waals surface area contributed by atoms with Crippen molar-refractivity contribution in [3.05, 3.63) is 24.0 Å². The summed E-state index contributed by atoms with van der Waals surface area (Å²) >= 11 is 0. The molecule has 0 spiro atoms. The van der Waals surface area contributed by atoms with Crippen LogP contribution in [0.5, 0.6) is 0 Å². The predicted octanol–water partition coefficient (Wildman–Crippen LogP) is 0.542. The Kier molecular flexibility index (Phi) is 5.45. The predicted molar refractivity (Wildman–Crippen MR) is 75.3 cm³/mol. The summed E-state index contributed by atoms with van der Waals surface area (Å²) in [5.74, 6) is -1.37. The number of nitrogens with one attached hydrogen (secondary N) is 1. The van der Waals surface area contributed by atoms with Crippen molar-refractivity contribution in [1.82, 2.24) is 4.90 Å². The van der Waals surface area contributed by atoms with E-state index in [1.807, 2.05) is 13.8 Å². The van der Waals surface area contributed by atoms with Crippen molar-refractivity contribution in [2.45, 2.75) is 19.9 Å². The quantitative estimate of drug-likeness (QED) is 0.663. The Balaban J connectivity index is 2.65. The molecule has 0 aliphatic heterocycles. The first kappa shape index (κ1) is 15.9. The molecule has 0 radical (unpaired) electrons. The highest BCUT2D eigenvalue weighted by Crippen LogP contribution is 2.16. The Hall–Kier alpha value is -2.15. The SMILES string of the molecule is CC(C)N(CC(N)=O)CC(=O)Nc1ccc(F)c(N)c1. The monoisotopic (exact) mass is 282 g/mol. The van der Waals surface area contributed by atoms with E-state index < -0.39 is 11.7 Å². The van der Waals surface area contributed by atoms with Crippen molar-refractivity contribution in [2.24, 2.45) is 5.73 Å². The number of hydrogen-bond acceptors (Lipinski definition) is 4. The Morgan fingerprint density at radius 3 is 2.50 bits per heavy atom. The summed E-state index contributed by atoms with van der Waals surface area (Å²) in [4.78, 5) is 24.4. The van der Waals surface area contributed by atoms with Gasteiger partial charge in [0.1, 0.15) is 5.82 Å². The third-order valence-electron chi connectivity index (χ3n) is 2.72. The minimum atomic E-state index is -0.541. The van der Waals surface area contributed by atoms with Crippen molar-refractivity contribution in [3.63, 3.8) is 0 Å². The largest absolute Gasteiger partial charge is 0.396 e. The highest BCUT2D eigenvalue weighted by atomic mass is 19.1. The third kappa shape index (κ3) is 4.85. The van der Waals surface area contributed by atoms with Crippen molar-refractivity contribution in [3.8, 4) is 0 Å². The van der Waals surface area contributed by atoms with Gasteiger partial charge >= 0.3 is 0 Å². The first-order chi connectivity index (χ1) is 9.29. The van der Waals surface area contributed by atoms with Crippen LogP contribution in [0.25, 0.3) is 0 Å². The second kappa shape index (κ2) is 6.85. The maximum Gasteiger partial charge on any atom is 0.238 e. The number of amides is 2. The summed E-state index contributed by atoms with van der Waals surface area (Å²) in [7, 11) is 0. The van der Waals surface area contributed by atoms with Gasteiger partial charge in [0.2, 0.25) is 11.8 Å². The van der Waals surface area contributed by atoms with E-state index in [1.165, 1.54) is 18.2 Å². The fourth-order valence-electron chi connectivity index (χ4n) is 1.63. The standard InChI is InChI=1S/C13H19FN4O2/c1-8(2)18(6-12(16)19)7-13(20)17-9-3-4-10(14)11(15)5-9/h3-5,8H,6-7,15H2,1-2H3,(H2,16,19)(H,17,20). The normalized spacial score (nSPS) is 10.8. The molecule has 0 saturated heterocycles. The summed E-state index contributed by atoms with van der Waals surface area (Å²) < 4.78 is 13.0. The number of nitrogens with zero attached hydrogens (tertiary/aromatic N) is 1. The molecule has 0 atom stereocenters. The lowest BCUT2D eigenvalue weighted by Crippen LogP contribution is -2.43. The molecular weight excluding hydrogens is 263 g/mol. The van der Waals surface area contributed by atoms with Gasteiger partial charge in [-0.2, -0.15) is 0 Å². The average molecular weight is 282 g/mol. The van der Waals surface area contributed by atoms with E-state index in [0.717, 1.165) is 0 Å². The van der Waals surface area contributed by atoms with Gasteiger partial charge in [-0.25, -0.2) is 4.39 Å². The second-order valence-corrected chi connectivity index (χ2v) is 4.75. The van der Waals surface area contributed by atoms with Crippen LogP contribution < -0.4 is 16.8 Å². The number of anilines is 2. The summed E-state index contributed by atoms with van der Waals surface area (Å²) in [6, 6.07) is 3.92. The Labute approximate surface area is 116 Å². The molecule has 5 N–H and O–H groups in total. The number of hydrogen-bond donors (Lipinski definition) is 3. The van der Waals surface area contributed by atoms with Gasteiger partial charge in [0.15, 0.2) is 0 Å². The minimum absolute atomic E-state index is 0.00333. The van der Waals surface area contributed by atoms with E-state index in [4.69, 9.17) is 11.5 Å². The number of rotatable bonds is 6. The van der Waals surface area contributed by atoms with Crippen LogP contribution in [0.4, 0.5) is 15.8 Å². The van der Waals surface area contributed by atoms with E-state index >= 15 is 0 Å². The summed E-state index contributed by atoms with van der Waals surface area (Å²) in [6.07, 6.45) is 0. The van der Waals surface area contributed by atoms with E-state index in [0.29, 0.717) is 5.69 Å². The zero-order valence-electron chi connectivity index (χ0n) is 11.5. The van der Waals surface area contributed by atoms with Gasteiger partial charge in [0.25, 0.3) is 0 Å². The van der Waals surface area contributed by atoms with Crippen LogP contribution in [0.3, 0.4) is 0 Å². The molecule has 20 heavy (non-hydrogen) atoms. The Morgan fingerprint density at radius 1 is 1.35 bits per heavy atom. The smallest absolute Gasteiger partial charge is 0.238 e. The molecule has 0 unspecified atom stereocenters. The lowest BCUT2D eigenvalue weighted by Gasteiger charge is -2.24. The molecule has 6 nitrogen and oxygen atoms in total. The molecule has 110 valence electrons. The highest BCUT2D eigenvalue weighted by molar-refractivity contribution is 5.93. The first-order valence-electron chi connectivity index (χ1n) is 6.17. The molecule has 0 saturated carbocycles. The maximum absolute atomic E-state index is 13.0. The fraction of sp³-hybridized carbons (Fsp3) is 0.385. The molecule has 0 heterocycles. The Bertz CT molecular complexity index is 505. The molecule has 1 rings (SSSR count). The van der Waals surface area contributed by atoms with Gasteiger partial charge in [0.05, 0.1) is 18.8 Å². The Morgan fingerprint density at radius 2 is 2.00 bits per heavy atom. The molecule has 0 aliphatic carbocycles. The van der Waals surface area contributed by atoms with Crippen LogP contribution in [0, 0.1) is 5.82 Å². The van der Waals surface area contributed by atoms with Crippen molar-refractivity contribution >= 4 is 23.2 Å². The van der Waals surface area contributed by atoms with Crippen LogP contribution in [0.2, 0.25) is 0 Å².